The second-order valence-corrected chi connectivity index (χ2v) is 5.32. The topological polar surface area (TPSA) is 50.1 Å². The molecule has 1 aromatic carbocycles. The van der Waals surface area contributed by atoms with Crippen LogP contribution >= 0.6 is 0 Å². The lowest BCUT2D eigenvalue weighted by Gasteiger charge is -2.39. The van der Waals surface area contributed by atoms with Gasteiger partial charge in [0.25, 0.3) is 0 Å². The Hall–Kier alpha value is -1.65. The van der Waals surface area contributed by atoms with Gasteiger partial charge in [-0.3, -0.25) is 0 Å². The Balaban J connectivity index is 1.79. The first-order valence-electron chi connectivity index (χ1n) is 6.31. The van der Waals surface area contributed by atoms with Crippen LogP contribution in [0.15, 0.2) is 36.8 Å². The Morgan fingerprint density at radius 3 is 3.00 bits per heavy atom. The molecule has 2 aromatic rings. The third-order valence-corrected chi connectivity index (χ3v) is 4.08. The van der Waals surface area contributed by atoms with Crippen LogP contribution in [-0.4, -0.2) is 33.3 Å². The van der Waals surface area contributed by atoms with E-state index in [1.165, 1.54) is 11.1 Å². The van der Waals surface area contributed by atoms with Gasteiger partial charge in [-0.05, 0) is 5.56 Å². The van der Waals surface area contributed by atoms with Crippen molar-refractivity contribution in [3.05, 3.63) is 42.4 Å². The maximum atomic E-state index is 10.4. The predicted molar refractivity (Wildman–Crippen MR) is 68.2 cm³/mol. The maximum absolute atomic E-state index is 10.4. The molecule has 4 nitrogen and oxygen atoms in total. The van der Waals surface area contributed by atoms with Crippen molar-refractivity contribution >= 4 is 0 Å². The molecular formula is C14H15N3O. The summed E-state index contributed by atoms with van der Waals surface area (Å²) >= 11 is 0. The van der Waals surface area contributed by atoms with Gasteiger partial charge in [-0.1, -0.05) is 24.3 Å². The SMILES string of the molecule is OC1(CC2c3ccccc3-c3cncn32)CNC1. The normalized spacial score (nSPS) is 23.3. The van der Waals surface area contributed by atoms with E-state index in [4.69, 9.17) is 0 Å². The average molecular weight is 241 g/mol. The summed E-state index contributed by atoms with van der Waals surface area (Å²) in [7, 11) is 0. The summed E-state index contributed by atoms with van der Waals surface area (Å²) < 4.78 is 2.18. The molecule has 2 N–H and O–H groups in total. The predicted octanol–water partition coefficient (Wildman–Crippen LogP) is 1.18. The fraction of sp³-hybridized carbons (Fsp3) is 0.357. The van der Waals surface area contributed by atoms with Crippen molar-refractivity contribution in [3.8, 4) is 11.3 Å². The Bertz CT molecular complexity index is 601. The van der Waals surface area contributed by atoms with Gasteiger partial charge < -0.3 is 15.0 Å². The smallest absolute Gasteiger partial charge is 0.0956 e. The van der Waals surface area contributed by atoms with Gasteiger partial charge in [-0.2, -0.15) is 0 Å². The van der Waals surface area contributed by atoms with Gasteiger partial charge in [0.05, 0.1) is 29.9 Å². The molecule has 3 heterocycles. The molecule has 1 atom stereocenters. The van der Waals surface area contributed by atoms with E-state index in [-0.39, 0.29) is 6.04 Å². The van der Waals surface area contributed by atoms with Crippen molar-refractivity contribution in [2.75, 3.05) is 13.1 Å². The highest BCUT2D eigenvalue weighted by Crippen LogP contribution is 2.42. The number of hydrogen-bond acceptors (Lipinski definition) is 3. The molecule has 18 heavy (non-hydrogen) atoms. The molecule has 0 aliphatic carbocycles. The van der Waals surface area contributed by atoms with Gasteiger partial charge in [-0.15, -0.1) is 0 Å². The summed E-state index contributed by atoms with van der Waals surface area (Å²) in [4.78, 5) is 4.23. The van der Waals surface area contributed by atoms with Gasteiger partial charge in [-0.25, -0.2) is 4.98 Å². The van der Waals surface area contributed by atoms with E-state index < -0.39 is 5.60 Å². The summed E-state index contributed by atoms with van der Waals surface area (Å²) in [5.41, 5.74) is 3.14. The number of β-amino-alcohol motifs (C(OH)–C–C–N with tert-alkyl or cyclic N) is 1. The van der Waals surface area contributed by atoms with E-state index in [2.05, 4.69) is 39.1 Å². The summed E-state index contributed by atoms with van der Waals surface area (Å²) in [5, 5.41) is 13.5. The molecule has 2 aliphatic heterocycles. The number of aromatic nitrogens is 2. The van der Waals surface area contributed by atoms with Gasteiger partial charge in [0.2, 0.25) is 0 Å². The van der Waals surface area contributed by atoms with Crippen LogP contribution in [0.3, 0.4) is 0 Å². The van der Waals surface area contributed by atoms with Crippen LogP contribution in [0.1, 0.15) is 18.0 Å². The zero-order chi connectivity index (χ0) is 12.2. The quantitative estimate of drug-likeness (QED) is 0.830. The van der Waals surface area contributed by atoms with Gasteiger partial charge in [0, 0.05) is 25.1 Å². The Morgan fingerprint density at radius 1 is 1.39 bits per heavy atom. The van der Waals surface area contributed by atoms with Crippen molar-refractivity contribution in [1.29, 1.82) is 0 Å². The number of aliphatic hydroxyl groups is 1. The van der Waals surface area contributed by atoms with E-state index in [1.54, 1.807) is 0 Å². The second kappa shape index (κ2) is 3.43. The first kappa shape index (κ1) is 10.3. The summed E-state index contributed by atoms with van der Waals surface area (Å²) in [5.74, 6) is 0. The summed E-state index contributed by atoms with van der Waals surface area (Å²) in [6, 6.07) is 8.62. The van der Waals surface area contributed by atoms with Gasteiger partial charge >= 0.3 is 0 Å². The minimum Gasteiger partial charge on any atom is -0.387 e. The molecule has 0 spiro atoms. The fourth-order valence-corrected chi connectivity index (χ4v) is 3.06. The molecule has 0 saturated carbocycles. The summed E-state index contributed by atoms with van der Waals surface area (Å²) in [6.45, 7) is 1.38. The van der Waals surface area contributed by atoms with Crippen molar-refractivity contribution in [2.45, 2.75) is 18.1 Å². The monoisotopic (exact) mass is 241 g/mol. The van der Waals surface area contributed by atoms with Crippen LogP contribution in [0.25, 0.3) is 11.3 Å². The van der Waals surface area contributed by atoms with E-state index in [1.807, 2.05) is 12.5 Å². The van der Waals surface area contributed by atoms with Crippen molar-refractivity contribution in [2.24, 2.45) is 0 Å². The number of nitrogens with one attached hydrogen (secondary N) is 1. The number of nitrogens with zero attached hydrogens (tertiary/aromatic N) is 2. The molecule has 4 rings (SSSR count). The largest absolute Gasteiger partial charge is 0.387 e. The molecule has 92 valence electrons. The number of rotatable bonds is 2. The molecule has 1 fully saturated rings. The molecule has 4 heteroatoms. The van der Waals surface area contributed by atoms with Crippen LogP contribution in [0, 0.1) is 0 Å². The number of benzene rings is 1. The molecule has 0 radical (unpaired) electrons. The highest BCUT2D eigenvalue weighted by molar-refractivity contribution is 5.68. The minimum absolute atomic E-state index is 0.214. The Morgan fingerprint density at radius 2 is 2.22 bits per heavy atom. The van der Waals surface area contributed by atoms with Crippen molar-refractivity contribution in [1.82, 2.24) is 14.9 Å². The van der Waals surface area contributed by atoms with E-state index in [0.717, 1.165) is 12.1 Å². The Labute approximate surface area is 105 Å². The van der Waals surface area contributed by atoms with Crippen LogP contribution in [-0.2, 0) is 0 Å². The lowest BCUT2D eigenvalue weighted by molar-refractivity contribution is -0.0246. The third-order valence-electron chi connectivity index (χ3n) is 4.08. The minimum atomic E-state index is -0.566. The van der Waals surface area contributed by atoms with E-state index in [0.29, 0.717) is 13.1 Å². The fourth-order valence-electron chi connectivity index (χ4n) is 3.06. The second-order valence-electron chi connectivity index (χ2n) is 5.32. The number of imidazole rings is 1. The highest BCUT2D eigenvalue weighted by atomic mass is 16.3. The lowest BCUT2D eigenvalue weighted by Crippen LogP contribution is -2.60. The van der Waals surface area contributed by atoms with Crippen LogP contribution in [0.2, 0.25) is 0 Å². The standard InChI is InChI=1S/C14H15N3O/c18-14(7-16-8-14)5-12-10-3-1-2-4-11(10)13-6-15-9-17(12)13/h1-4,6,9,12,16,18H,5,7-8H2. The first-order valence-corrected chi connectivity index (χ1v) is 6.31. The van der Waals surface area contributed by atoms with Gasteiger partial charge in [0.1, 0.15) is 0 Å². The number of hydrogen-bond donors (Lipinski definition) is 2. The van der Waals surface area contributed by atoms with Crippen LogP contribution in [0.4, 0.5) is 0 Å². The van der Waals surface area contributed by atoms with Crippen LogP contribution < -0.4 is 5.32 Å². The zero-order valence-electron chi connectivity index (χ0n) is 10.0. The maximum Gasteiger partial charge on any atom is 0.0956 e. The van der Waals surface area contributed by atoms with Crippen molar-refractivity contribution in [3.63, 3.8) is 0 Å². The molecule has 1 saturated heterocycles. The molecule has 1 unspecified atom stereocenters. The molecular weight excluding hydrogens is 226 g/mol. The van der Waals surface area contributed by atoms with E-state index >= 15 is 0 Å². The summed E-state index contributed by atoms with van der Waals surface area (Å²) in [6.07, 6.45) is 4.53. The molecule has 0 amide bonds. The lowest BCUT2D eigenvalue weighted by atomic mass is 9.86. The average Bonchev–Trinajstić information content (AvgIpc) is 2.91. The molecule has 0 bridgehead atoms. The molecule has 2 aliphatic rings. The highest BCUT2D eigenvalue weighted by Gasteiger charge is 2.40. The van der Waals surface area contributed by atoms with Crippen LogP contribution in [0.5, 0.6) is 0 Å². The Kier molecular flexibility index (Phi) is 1.96. The zero-order valence-corrected chi connectivity index (χ0v) is 10.0. The molecule has 1 aromatic heterocycles. The van der Waals surface area contributed by atoms with Gasteiger partial charge in [0.15, 0.2) is 0 Å². The first-order chi connectivity index (χ1) is 8.77. The number of fused-ring (bicyclic) bond motifs is 3. The van der Waals surface area contributed by atoms with Crippen molar-refractivity contribution < 1.29 is 5.11 Å². The van der Waals surface area contributed by atoms with E-state index in [9.17, 15) is 5.11 Å². The third kappa shape index (κ3) is 1.30.